The van der Waals surface area contributed by atoms with E-state index < -0.39 is 0 Å². The van der Waals surface area contributed by atoms with E-state index in [2.05, 4.69) is 5.32 Å². The van der Waals surface area contributed by atoms with Crippen molar-refractivity contribution in [3.63, 3.8) is 0 Å². The summed E-state index contributed by atoms with van der Waals surface area (Å²) in [5.41, 5.74) is 9.05. The van der Waals surface area contributed by atoms with Crippen LogP contribution in [0.1, 0.15) is 25.8 Å². The van der Waals surface area contributed by atoms with Crippen molar-refractivity contribution in [3.05, 3.63) is 17.7 Å². The highest BCUT2D eigenvalue weighted by molar-refractivity contribution is 5.95. The predicted molar refractivity (Wildman–Crippen MR) is 77.4 cm³/mol. The summed E-state index contributed by atoms with van der Waals surface area (Å²) in [5.74, 6) is 0.0312. The highest BCUT2D eigenvalue weighted by Crippen LogP contribution is 2.35. The molecule has 104 valence electrons. The van der Waals surface area contributed by atoms with Crippen molar-refractivity contribution in [2.24, 2.45) is 0 Å². The highest BCUT2D eigenvalue weighted by Gasteiger charge is 2.26. The molecule has 1 aromatic carbocycles. The first-order valence-corrected chi connectivity index (χ1v) is 6.42. The quantitative estimate of drug-likeness (QED) is 0.719. The molecule has 19 heavy (non-hydrogen) atoms. The van der Waals surface area contributed by atoms with E-state index in [0.717, 1.165) is 23.4 Å². The van der Waals surface area contributed by atoms with E-state index in [0.29, 0.717) is 12.1 Å². The molecule has 5 nitrogen and oxygen atoms in total. The van der Waals surface area contributed by atoms with Crippen LogP contribution in [0.2, 0.25) is 0 Å². The summed E-state index contributed by atoms with van der Waals surface area (Å²) in [6, 6.07) is 3.80. The number of aliphatic hydroxyl groups excluding tert-OH is 1. The molecule has 0 radical (unpaired) electrons. The molecule has 5 heteroatoms. The van der Waals surface area contributed by atoms with Crippen molar-refractivity contribution in [3.8, 4) is 0 Å². The number of anilines is 3. The second kappa shape index (κ2) is 4.74. The number of aryl methyl sites for hydroxylation is 1. The smallest absolute Gasteiger partial charge is 0.224 e. The van der Waals surface area contributed by atoms with Crippen molar-refractivity contribution in [2.75, 3.05) is 29.6 Å². The lowest BCUT2D eigenvalue weighted by Crippen LogP contribution is -2.44. The molecule has 2 rings (SSSR count). The average molecular weight is 263 g/mol. The number of aliphatic hydroxyl groups is 1. The van der Waals surface area contributed by atoms with Crippen LogP contribution in [-0.2, 0) is 11.2 Å². The Hall–Kier alpha value is -1.75. The molecular weight excluding hydrogens is 242 g/mol. The van der Waals surface area contributed by atoms with Crippen LogP contribution in [0.25, 0.3) is 0 Å². The van der Waals surface area contributed by atoms with Gasteiger partial charge in [-0.2, -0.15) is 0 Å². The first-order valence-electron chi connectivity index (χ1n) is 6.42. The SMILES string of the molecule is CN(c1cc2c(cc1N)NC(=O)CC2)C(C)(C)CO. The van der Waals surface area contributed by atoms with E-state index >= 15 is 0 Å². The molecule has 0 atom stereocenters. The molecule has 0 saturated heterocycles. The van der Waals surface area contributed by atoms with Crippen LogP contribution in [0.5, 0.6) is 0 Å². The number of nitrogen functional groups attached to an aromatic ring is 1. The number of nitrogens with two attached hydrogens (primary N) is 1. The zero-order valence-electron chi connectivity index (χ0n) is 11.7. The zero-order chi connectivity index (χ0) is 14.2. The number of likely N-dealkylation sites (N-methyl/N-ethyl adjacent to an activating group) is 1. The molecule has 1 aliphatic rings. The molecule has 0 saturated carbocycles. The van der Waals surface area contributed by atoms with E-state index in [1.807, 2.05) is 31.9 Å². The number of carbonyl (C=O) groups excluding carboxylic acids is 1. The van der Waals surface area contributed by atoms with E-state index in [-0.39, 0.29) is 18.1 Å². The van der Waals surface area contributed by atoms with Gasteiger partial charge in [-0.25, -0.2) is 0 Å². The molecule has 0 aliphatic carbocycles. The Balaban J connectivity index is 2.41. The van der Waals surface area contributed by atoms with E-state index in [4.69, 9.17) is 5.73 Å². The second-order valence-electron chi connectivity index (χ2n) is 5.65. The van der Waals surface area contributed by atoms with E-state index in [1.54, 1.807) is 6.07 Å². The Morgan fingerprint density at radius 1 is 1.42 bits per heavy atom. The largest absolute Gasteiger partial charge is 0.397 e. The van der Waals surface area contributed by atoms with Gasteiger partial charge in [-0.1, -0.05) is 0 Å². The van der Waals surface area contributed by atoms with Crippen molar-refractivity contribution >= 4 is 23.0 Å². The Morgan fingerprint density at radius 2 is 2.11 bits per heavy atom. The van der Waals surface area contributed by atoms with Gasteiger partial charge >= 0.3 is 0 Å². The summed E-state index contributed by atoms with van der Waals surface area (Å²) in [5, 5.41) is 12.3. The fourth-order valence-corrected chi connectivity index (χ4v) is 2.15. The van der Waals surface area contributed by atoms with E-state index in [9.17, 15) is 9.90 Å². The summed E-state index contributed by atoms with van der Waals surface area (Å²) in [6.45, 7) is 3.94. The third kappa shape index (κ3) is 2.51. The monoisotopic (exact) mass is 263 g/mol. The molecule has 0 bridgehead atoms. The zero-order valence-corrected chi connectivity index (χ0v) is 11.7. The maximum atomic E-state index is 11.4. The standard InChI is InChI=1S/C14H21N3O2/c1-14(2,8-18)17(3)12-6-9-4-5-13(19)16-11(9)7-10(12)15/h6-7,18H,4-5,8,15H2,1-3H3,(H,16,19). The first kappa shape index (κ1) is 13.7. The van der Waals surface area contributed by atoms with Gasteiger partial charge in [0.15, 0.2) is 0 Å². The van der Waals surface area contributed by atoms with Gasteiger partial charge in [0.05, 0.1) is 23.5 Å². The van der Waals surface area contributed by atoms with Crippen LogP contribution in [0.3, 0.4) is 0 Å². The Morgan fingerprint density at radius 3 is 2.74 bits per heavy atom. The van der Waals surface area contributed by atoms with Crippen molar-refractivity contribution < 1.29 is 9.90 Å². The van der Waals surface area contributed by atoms with Crippen molar-refractivity contribution in [2.45, 2.75) is 32.2 Å². The number of nitrogens with one attached hydrogen (secondary N) is 1. The van der Waals surface area contributed by atoms with Crippen LogP contribution in [0.4, 0.5) is 17.1 Å². The molecule has 0 unspecified atom stereocenters. The van der Waals surface area contributed by atoms with Crippen LogP contribution >= 0.6 is 0 Å². The van der Waals surface area contributed by atoms with Gasteiger partial charge in [0.25, 0.3) is 0 Å². The van der Waals surface area contributed by atoms with Gasteiger partial charge in [-0.15, -0.1) is 0 Å². The van der Waals surface area contributed by atoms with Crippen molar-refractivity contribution in [1.29, 1.82) is 0 Å². The Labute approximate surface area is 113 Å². The summed E-state index contributed by atoms with van der Waals surface area (Å²) >= 11 is 0. The minimum absolute atomic E-state index is 0.0312. The molecule has 0 fully saturated rings. The number of fused-ring (bicyclic) bond motifs is 1. The van der Waals surface area contributed by atoms with Crippen LogP contribution in [0, 0.1) is 0 Å². The Bertz CT molecular complexity index is 512. The fourth-order valence-electron chi connectivity index (χ4n) is 2.15. The van der Waals surface area contributed by atoms with Gasteiger partial charge in [0.2, 0.25) is 5.91 Å². The lowest BCUT2D eigenvalue weighted by atomic mass is 9.98. The molecule has 1 heterocycles. The molecule has 4 N–H and O–H groups in total. The summed E-state index contributed by atoms with van der Waals surface area (Å²) in [7, 11) is 1.91. The normalized spacial score (nSPS) is 14.8. The maximum absolute atomic E-state index is 11.4. The van der Waals surface area contributed by atoms with Gasteiger partial charge in [-0.05, 0) is 38.0 Å². The second-order valence-corrected chi connectivity index (χ2v) is 5.65. The fraction of sp³-hybridized carbons (Fsp3) is 0.500. The lowest BCUT2D eigenvalue weighted by Gasteiger charge is -2.37. The van der Waals surface area contributed by atoms with Crippen LogP contribution < -0.4 is 16.0 Å². The minimum atomic E-state index is -0.389. The molecule has 1 aliphatic heterocycles. The molecule has 1 aromatic rings. The highest BCUT2D eigenvalue weighted by atomic mass is 16.3. The number of benzene rings is 1. The molecule has 0 spiro atoms. The van der Waals surface area contributed by atoms with Crippen LogP contribution in [-0.4, -0.2) is 30.2 Å². The third-order valence-electron chi connectivity index (χ3n) is 3.80. The number of hydrogen-bond donors (Lipinski definition) is 3. The number of nitrogens with zero attached hydrogens (tertiary/aromatic N) is 1. The molecule has 1 amide bonds. The van der Waals surface area contributed by atoms with Crippen LogP contribution in [0.15, 0.2) is 12.1 Å². The lowest BCUT2D eigenvalue weighted by molar-refractivity contribution is -0.116. The number of rotatable bonds is 3. The average Bonchev–Trinajstić information content (AvgIpc) is 2.37. The van der Waals surface area contributed by atoms with Gasteiger partial charge < -0.3 is 21.1 Å². The Kier molecular flexibility index (Phi) is 3.41. The number of hydrogen-bond acceptors (Lipinski definition) is 4. The first-order chi connectivity index (χ1) is 8.85. The topological polar surface area (TPSA) is 78.6 Å². The minimum Gasteiger partial charge on any atom is -0.397 e. The molecular formula is C14H21N3O2. The summed E-state index contributed by atoms with van der Waals surface area (Å²) in [4.78, 5) is 13.3. The van der Waals surface area contributed by atoms with Gasteiger partial charge in [-0.3, -0.25) is 4.79 Å². The molecule has 0 aromatic heterocycles. The maximum Gasteiger partial charge on any atom is 0.224 e. The third-order valence-corrected chi connectivity index (χ3v) is 3.80. The van der Waals surface area contributed by atoms with Crippen molar-refractivity contribution in [1.82, 2.24) is 0 Å². The number of amides is 1. The van der Waals surface area contributed by atoms with Gasteiger partial charge in [0, 0.05) is 19.2 Å². The van der Waals surface area contributed by atoms with Gasteiger partial charge in [0.1, 0.15) is 0 Å². The summed E-state index contributed by atoms with van der Waals surface area (Å²) in [6.07, 6.45) is 1.23. The predicted octanol–water partition coefficient (Wildman–Crippen LogP) is 1.36. The number of carbonyl (C=O) groups is 1. The summed E-state index contributed by atoms with van der Waals surface area (Å²) < 4.78 is 0. The van der Waals surface area contributed by atoms with E-state index in [1.165, 1.54) is 0 Å².